The maximum absolute atomic E-state index is 12.4. The van der Waals surface area contributed by atoms with Gasteiger partial charge in [0.1, 0.15) is 27.6 Å². The zero-order chi connectivity index (χ0) is 21.8. The van der Waals surface area contributed by atoms with E-state index in [1.54, 1.807) is 36.4 Å². The molecule has 1 N–H and O–H groups in total. The van der Waals surface area contributed by atoms with Crippen molar-refractivity contribution in [2.24, 2.45) is 0 Å². The van der Waals surface area contributed by atoms with Crippen LogP contribution in [0.25, 0.3) is 17.4 Å². The van der Waals surface area contributed by atoms with E-state index < -0.39 is 10.8 Å². The quantitative estimate of drug-likeness (QED) is 0.167. The van der Waals surface area contributed by atoms with Gasteiger partial charge in [0.05, 0.1) is 9.95 Å². The normalized spacial score (nSPS) is 11.1. The highest BCUT2D eigenvalue weighted by Crippen LogP contribution is 2.37. The van der Waals surface area contributed by atoms with Crippen molar-refractivity contribution in [3.8, 4) is 17.4 Å². The Labute approximate surface area is 192 Å². The molecule has 1 heterocycles. The first kappa shape index (κ1) is 21.8. The van der Waals surface area contributed by atoms with Gasteiger partial charge in [0.25, 0.3) is 11.6 Å². The van der Waals surface area contributed by atoms with Gasteiger partial charge in [0.2, 0.25) is 0 Å². The fraction of sp³-hybridized carbons (Fsp3) is 0. The third-order valence-electron chi connectivity index (χ3n) is 3.85. The number of furan rings is 1. The van der Waals surface area contributed by atoms with Crippen molar-refractivity contribution >= 4 is 66.8 Å². The minimum atomic E-state index is -0.601. The summed E-state index contributed by atoms with van der Waals surface area (Å²) in [4.78, 5) is 23.0. The van der Waals surface area contributed by atoms with Crippen LogP contribution in [-0.2, 0) is 4.79 Å². The number of nitrogens with zero attached hydrogens (tertiary/aromatic N) is 2. The Morgan fingerprint density at radius 2 is 2.00 bits per heavy atom. The second-order valence-corrected chi connectivity index (χ2v) is 8.00. The molecule has 1 amide bonds. The van der Waals surface area contributed by atoms with Gasteiger partial charge in [0, 0.05) is 27.9 Å². The number of hydrogen-bond acceptors (Lipinski definition) is 5. The van der Waals surface area contributed by atoms with Gasteiger partial charge < -0.3 is 9.73 Å². The highest BCUT2D eigenvalue weighted by molar-refractivity contribution is 9.11. The molecule has 0 spiro atoms. The van der Waals surface area contributed by atoms with E-state index >= 15 is 0 Å². The first-order valence-electron chi connectivity index (χ1n) is 8.21. The summed E-state index contributed by atoms with van der Waals surface area (Å²) in [6.07, 6.45) is 1.28. The number of amides is 1. The molecule has 0 aliphatic carbocycles. The largest absolute Gasteiger partial charge is 0.457 e. The van der Waals surface area contributed by atoms with E-state index in [2.05, 4.69) is 37.2 Å². The van der Waals surface area contributed by atoms with Crippen LogP contribution in [0.1, 0.15) is 5.76 Å². The lowest BCUT2D eigenvalue weighted by atomic mass is 10.1. The van der Waals surface area contributed by atoms with Crippen molar-refractivity contribution < 1.29 is 14.1 Å². The van der Waals surface area contributed by atoms with E-state index in [4.69, 9.17) is 16.0 Å². The number of nitro benzene ring substituents is 1. The molecule has 0 unspecified atom stereocenters. The molecule has 3 aromatic rings. The Balaban J connectivity index is 1.88. The Morgan fingerprint density at radius 1 is 1.23 bits per heavy atom. The molecule has 30 heavy (non-hydrogen) atoms. The predicted octanol–water partition coefficient (Wildman–Crippen LogP) is 6.58. The van der Waals surface area contributed by atoms with Gasteiger partial charge in [-0.25, -0.2) is 0 Å². The van der Waals surface area contributed by atoms with E-state index in [0.717, 1.165) is 4.47 Å². The smallest absolute Gasteiger partial charge is 0.285 e. The first-order valence-corrected chi connectivity index (χ1v) is 10.2. The van der Waals surface area contributed by atoms with Crippen LogP contribution in [0, 0.1) is 21.4 Å². The van der Waals surface area contributed by atoms with Crippen LogP contribution in [0.2, 0.25) is 5.02 Å². The number of halogens is 3. The zero-order valence-electron chi connectivity index (χ0n) is 14.9. The summed E-state index contributed by atoms with van der Waals surface area (Å²) in [5.41, 5.74) is 0.520. The summed E-state index contributed by atoms with van der Waals surface area (Å²) in [6, 6.07) is 14.7. The second-order valence-electron chi connectivity index (χ2n) is 5.88. The summed E-state index contributed by atoms with van der Waals surface area (Å²) in [7, 11) is 0. The maximum Gasteiger partial charge on any atom is 0.285 e. The number of rotatable bonds is 5. The average molecular weight is 552 g/mol. The number of nitrogens with one attached hydrogen (secondary N) is 1. The van der Waals surface area contributed by atoms with Gasteiger partial charge in [-0.05, 0) is 52.3 Å². The molecule has 0 atom stereocenters. The summed E-state index contributed by atoms with van der Waals surface area (Å²) >= 11 is 12.4. The predicted molar refractivity (Wildman–Crippen MR) is 120 cm³/mol. The molecule has 7 nitrogen and oxygen atoms in total. The lowest BCUT2D eigenvalue weighted by Crippen LogP contribution is -2.13. The van der Waals surface area contributed by atoms with Crippen molar-refractivity contribution in [1.29, 1.82) is 5.26 Å². The number of benzene rings is 2. The van der Waals surface area contributed by atoms with Crippen molar-refractivity contribution in [1.82, 2.24) is 0 Å². The number of hydrogen-bond donors (Lipinski definition) is 1. The Morgan fingerprint density at radius 3 is 2.67 bits per heavy atom. The van der Waals surface area contributed by atoms with E-state index in [0.29, 0.717) is 17.0 Å². The lowest BCUT2D eigenvalue weighted by molar-refractivity contribution is -0.385. The third kappa shape index (κ3) is 4.97. The van der Waals surface area contributed by atoms with Gasteiger partial charge in [0.15, 0.2) is 0 Å². The maximum atomic E-state index is 12.4. The van der Waals surface area contributed by atoms with Crippen LogP contribution in [0.3, 0.4) is 0 Å². The van der Waals surface area contributed by atoms with Crippen molar-refractivity contribution in [3.05, 3.63) is 83.9 Å². The topological polar surface area (TPSA) is 109 Å². The Hall–Kier alpha value is -2.93. The molecule has 0 aliphatic heterocycles. The highest BCUT2D eigenvalue weighted by atomic mass is 79.9. The fourth-order valence-corrected chi connectivity index (χ4v) is 3.48. The minimum absolute atomic E-state index is 0.152. The number of anilines is 1. The molecule has 3 rings (SSSR count). The van der Waals surface area contributed by atoms with E-state index in [9.17, 15) is 20.2 Å². The van der Waals surface area contributed by atoms with Crippen molar-refractivity contribution in [2.45, 2.75) is 0 Å². The molecule has 2 aromatic carbocycles. The van der Waals surface area contributed by atoms with Gasteiger partial charge in [-0.2, -0.15) is 5.26 Å². The fourth-order valence-electron chi connectivity index (χ4n) is 2.49. The third-order valence-corrected chi connectivity index (χ3v) is 5.70. The van der Waals surface area contributed by atoms with Crippen molar-refractivity contribution in [2.75, 3.05) is 5.32 Å². The minimum Gasteiger partial charge on any atom is -0.457 e. The van der Waals surface area contributed by atoms with Gasteiger partial charge in [-0.1, -0.05) is 33.6 Å². The van der Waals surface area contributed by atoms with Crippen LogP contribution in [0.15, 0.2) is 67.5 Å². The average Bonchev–Trinajstić information content (AvgIpc) is 3.16. The molecule has 1 aromatic heterocycles. The molecule has 0 bridgehead atoms. The molecule has 0 radical (unpaired) electrons. The lowest BCUT2D eigenvalue weighted by Gasteiger charge is -2.04. The standard InChI is InChI=1S/C20H10Br2ClN3O4/c21-13-2-1-3-14(9-13)25-20(27)12(10-24)6-15-4-5-18(30-15)11-7-16(23)19(22)17(8-11)26(28)29/h1-9H,(H,25,27)/b12-6-. The van der Waals surface area contributed by atoms with Gasteiger partial charge in [-0.15, -0.1) is 0 Å². The molecule has 150 valence electrons. The molecular formula is C20H10Br2ClN3O4. The molecule has 10 heteroatoms. The number of carbonyl (C=O) groups is 1. The van der Waals surface area contributed by atoms with Crippen LogP contribution in [0.4, 0.5) is 11.4 Å². The van der Waals surface area contributed by atoms with E-state index in [-0.39, 0.29) is 26.5 Å². The number of nitro groups is 1. The zero-order valence-corrected chi connectivity index (χ0v) is 18.8. The van der Waals surface area contributed by atoms with Crippen molar-refractivity contribution in [3.63, 3.8) is 0 Å². The Kier molecular flexibility index (Phi) is 6.72. The van der Waals surface area contributed by atoms with E-state index in [1.807, 2.05) is 6.07 Å². The van der Waals surface area contributed by atoms with Crippen LogP contribution in [0.5, 0.6) is 0 Å². The monoisotopic (exact) mass is 549 g/mol. The molecule has 0 saturated heterocycles. The van der Waals surface area contributed by atoms with Gasteiger partial charge in [-0.3, -0.25) is 14.9 Å². The number of carbonyl (C=O) groups excluding carboxylic acids is 1. The first-order chi connectivity index (χ1) is 14.3. The van der Waals surface area contributed by atoms with Crippen LogP contribution >= 0.6 is 43.5 Å². The molecule has 0 aliphatic rings. The summed E-state index contributed by atoms with van der Waals surface area (Å²) in [5, 5.41) is 23.3. The summed E-state index contributed by atoms with van der Waals surface area (Å²) in [5.74, 6) is -0.0769. The molecule has 0 saturated carbocycles. The SMILES string of the molecule is N#C/C(=C/c1ccc(-c2cc(Cl)c(Br)c([N+](=O)[O-])c2)o1)C(=O)Nc1cccc(Br)c1. The Bertz CT molecular complexity index is 1230. The highest BCUT2D eigenvalue weighted by Gasteiger charge is 2.19. The molecule has 0 fully saturated rings. The van der Waals surface area contributed by atoms with Crippen LogP contribution < -0.4 is 5.32 Å². The molecular weight excluding hydrogens is 541 g/mol. The number of nitriles is 1. The van der Waals surface area contributed by atoms with E-state index in [1.165, 1.54) is 18.2 Å². The summed E-state index contributed by atoms with van der Waals surface area (Å²) in [6.45, 7) is 0. The van der Waals surface area contributed by atoms with Crippen LogP contribution in [-0.4, -0.2) is 10.8 Å². The summed E-state index contributed by atoms with van der Waals surface area (Å²) < 4.78 is 6.59. The van der Waals surface area contributed by atoms with Gasteiger partial charge >= 0.3 is 0 Å². The second kappa shape index (κ2) is 9.26.